The molecule has 0 aromatic heterocycles. The van der Waals surface area contributed by atoms with Gasteiger partial charge < -0.3 is 0 Å². The van der Waals surface area contributed by atoms with Crippen molar-refractivity contribution in [1.82, 2.24) is 4.90 Å². The summed E-state index contributed by atoms with van der Waals surface area (Å²) in [6.07, 6.45) is 0. The molecule has 0 saturated heterocycles. The summed E-state index contributed by atoms with van der Waals surface area (Å²) >= 11 is 0. The quantitative estimate of drug-likeness (QED) is 0.585. The molecule has 0 radical (unpaired) electrons. The van der Waals surface area contributed by atoms with E-state index in [9.17, 15) is 9.70 Å². The zero-order valence-electron chi connectivity index (χ0n) is 12.0. The first kappa shape index (κ1) is 15.3. The second-order valence-corrected chi connectivity index (χ2v) is 4.49. The summed E-state index contributed by atoms with van der Waals surface area (Å²) in [6, 6.07) is 5.63. The highest BCUT2D eigenvalue weighted by molar-refractivity contribution is 5.95. The Hall–Kier alpha value is -1.75. The van der Waals surface area contributed by atoms with Crippen molar-refractivity contribution < 1.29 is 4.79 Å². The van der Waals surface area contributed by atoms with Gasteiger partial charge in [0.2, 0.25) is 0 Å². The van der Waals surface area contributed by atoms with E-state index < -0.39 is 0 Å². The van der Waals surface area contributed by atoms with Crippen molar-refractivity contribution in [1.29, 1.82) is 0 Å². The summed E-state index contributed by atoms with van der Waals surface area (Å²) in [5, 5.41) is 3.88. The highest BCUT2D eigenvalue weighted by Crippen LogP contribution is 2.25. The fourth-order valence-corrected chi connectivity index (χ4v) is 2.06. The van der Waals surface area contributed by atoms with E-state index in [0.717, 1.165) is 29.2 Å². The van der Waals surface area contributed by atoms with Crippen LogP contribution < -0.4 is 5.01 Å². The summed E-state index contributed by atoms with van der Waals surface area (Å²) in [5.41, 5.74) is 2.33. The van der Waals surface area contributed by atoms with Crippen LogP contribution in [-0.4, -0.2) is 30.4 Å². The molecular weight excluding hydrogens is 242 g/mol. The molecule has 0 aliphatic carbocycles. The van der Waals surface area contributed by atoms with Crippen molar-refractivity contribution in [2.24, 2.45) is 5.29 Å². The lowest BCUT2D eigenvalue weighted by Crippen LogP contribution is -2.38. The van der Waals surface area contributed by atoms with Gasteiger partial charge in [-0.1, -0.05) is 32.0 Å². The molecular formula is C14H21N3O2. The number of carbonyl (C=O) groups is 1. The van der Waals surface area contributed by atoms with E-state index in [1.165, 1.54) is 0 Å². The lowest BCUT2D eigenvalue weighted by Gasteiger charge is -2.22. The SMILES string of the molecule is CCN(CC)CC(=O)N(N=O)c1c(C)cccc1C. The van der Waals surface area contributed by atoms with Crippen molar-refractivity contribution in [3.05, 3.63) is 34.2 Å². The number of amides is 1. The van der Waals surface area contributed by atoms with E-state index >= 15 is 0 Å². The highest BCUT2D eigenvalue weighted by atomic mass is 16.3. The molecule has 0 unspecified atom stereocenters. The number of para-hydroxylation sites is 1. The number of carbonyl (C=O) groups excluding carboxylic acids is 1. The molecule has 104 valence electrons. The summed E-state index contributed by atoms with van der Waals surface area (Å²) < 4.78 is 0. The number of aryl methyl sites for hydroxylation is 2. The first-order valence-electron chi connectivity index (χ1n) is 6.49. The fraction of sp³-hybridized carbons (Fsp3) is 0.500. The van der Waals surface area contributed by atoms with Crippen molar-refractivity contribution in [3.8, 4) is 0 Å². The molecule has 0 saturated carbocycles. The molecule has 19 heavy (non-hydrogen) atoms. The van der Waals surface area contributed by atoms with Gasteiger partial charge in [0.05, 0.1) is 17.5 Å². The molecule has 0 aliphatic heterocycles. The Labute approximate surface area is 114 Å². The zero-order chi connectivity index (χ0) is 14.4. The predicted molar refractivity (Wildman–Crippen MR) is 77.0 cm³/mol. The van der Waals surface area contributed by atoms with E-state index in [-0.39, 0.29) is 12.5 Å². The normalized spacial score (nSPS) is 10.6. The molecule has 0 bridgehead atoms. The van der Waals surface area contributed by atoms with Crippen LogP contribution in [-0.2, 0) is 4.79 Å². The molecule has 1 aromatic rings. The van der Waals surface area contributed by atoms with E-state index in [0.29, 0.717) is 5.69 Å². The monoisotopic (exact) mass is 263 g/mol. The van der Waals surface area contributed by atoms with Crippen LogP contribution >= 0.6 is 0 Å². The Kier molecular flexibility index (Phi) is 5.63. The van der Waals surface area contributed by atoms with Gasteiger partial charge in [-0.3, -0.25) is 9.69 Å². The van der Waals surface area contributed by atoms with Crippen LogP contribution in [0.4, 0.5) is 5.69 Å². The minimum absolute atomic E-state index is 0.201. The van der Waals surface area contributed by atoms with Gasteiger partial charge >= 0.3 is 0 Å². The Morgan fingerprint density at radius 2 is 1.68 bits per heavy atom. The molecule has 0 aliphatic rings. The number of hydrogen-bond donors (Lipinski definition) is 0. The van der Waals surface area contributed by atoms with E-state index in [2.05, 4.69) is 5.29 Å². The van der Waals surface area contributed by atoms with E-state index in [4.69, 9.17) is 0 Å². The molecule has 5 nitrogen and oxygen atoms in total. The molecule has 0 atom stereocenters. The van der Waals surface area contributed by atoms with Crippen LogP contribution in [0.25, 0.3) is 0 Å². The number of hydrogen-bond acceptors (Lipinski definition) is 4. The van der Waals surface area contributed by atoms with E-state index in [1.807, 2.05) is 50.8 Å². The average molecular weight is 263 g/mol. The molecule has 0 N–H and O–H groups in total. The standard InChI is InChI=1S/C14H21N3O2/c1-5-16(6-2)10-13(18)17(15-19)14-11(3)8-7-9-12(14)4/h7-9H,5-6,10H2,1-4H3. The Balaban J connectivity index is 3.00. The van der Waals surface area contributed by atoms with E-state index in [1.54, 1.807) is 0 Å². The maximum Gasteiger partial charge on any atom is 0.264 e. The van der Waals surface area contributed by atoms with Crippen molar-refractivity contribution in [2.45, 2.75) is 27.7 Å². The second-order valence-electron chi connectivity index (χ2n) is 4.49. The van der Waals surface area contributed by atoms with Gasteiger partial charge in [0.25, 0.3) is 5.91 Å². The van der Waals surface area contributed by atoms with Crippen molar-refractivity contribution in [2.75, 3.05) is 24.6 Å². The number of anilines is 1. The third kappa shape index (κ3) is 3.61. The first-order chi connectivity index (χ1) is 9.04. The number of nitroso groups, excluding NO2 is 1. The molecule has 0 heterocycles. The number of likely N-dealkylation sites (N-methyl/N-ethyl adjacent to an activating group) is 1. The van der Waals surface area contributed by atoms with Crippen LogP contribution in [0.2, 0.25) is 0 Å². The molecule has 1 aromatic carbocycles. The predicted octanol–water partition coefficient (Wildman–Crippen LogP) is 2.66. The minimum Gasteiger partial charge on any atom is -0.295 e. The van der Waals surface area contributed by atoms with Crippen LogP contribution in [0.15, 0.2) is 23.5 Å². The Bertz CT molecular complexity index is 436. The van der Waals surface area contributed by atoms with Gasteiger partial charge in [0.1, 0.15) is 0 Å². The number of nitrogens with zero attached hydrogens (tertiary/aromatic N) is 3. The van der Waals surface area contributed by atoms with Crippen LogP contribution in [0, 0.1) is 18.8 Å². The van der Waals surface area contributed by atoms with Gasteiger partial charge in [0, 0.05) is 0 Å². The molecule has 5 heteroatoms. The maximum absolute atomic E-state index is 12.2. The molecule has 0 fully saturated rings. The second kappa shape index (κ2) is 6.99. The highest BCUT2D eigenvalue weighted by Gasteiger charge is 2.21. The number of benzene rings is 1. The number of rotatable bonds is 6. The van der Waals surface area contributed by atoms with Gasteiger partial charge in [-0.2, -0.15) is 5.01 Å². The largest absolute Gasteiger partial charge is 0.295 e. The summed E-state index contributed by atoms with van der Waals surface area (Å²) in [7, 11) is 0. The molecule has 0 spiro atoms. The third-order valence-corrected chi connectivity index (χ3v) is 3.22. The van der Waals surface area contributed by atoms with Crippen molar-refractivity contribution >= 4 is 11.6 Å². The lowest BCUT2D eigenvalue weighted by atomic mass is 10.1. The average Bonchev–Trinajstić information content (AvgIpc) is 2.40. The lowest BCUT2D eigenvalue weighted by molar-refractivity contribution is -0.119. The summed E-state index contributed by atoms with van der Waals surface area (Å²) in [5.74, 6) is -0.295. The Morgan fingerprint density at radius 1 is 1.16 bits per heavy atom. The fourth-order valence-electron chi connectivity index (χ4n) is 2.06. The topological polar surface area (TPSA) is 53.0 Å². The summed E-state index contributed by atoms with van der Waals surface area (Å²) in [4.78, 5) is 25.2. The minimum atomic E-state index is -0.295. The Morgan fingerprint density at radius 3 is 2.11 bits per heavy atom. The van der Waals surface area contributed by atoms with Crippen LogP contribution in [0.3, 0.4) is 0 Å². The maximum atomic E-state index is 12.2. The van der Waals surface area contributed by atoms with Gasteiger partial charge in [0.15, 0.2) is 0 Å². The first-order valence-corrected chi connectivity index (χ1v) is 6.49. The molecule has 1 amide bonds. The van der Waals surface area contributed by atoms with Gasteiger partial charge in [-0.15, -0.1) is 4.91 Å². The van der Waals surface area contributed by atoms with Crippen molar-refractivity contribution in [3.63, 3.8) is 0 Å². The van der Waals surface area contributed by atoms with Gasteiger partial charge in [-0.25, -0.2) is 0 Å². The molecule has 1 rings (SSSR count). The zero-order valence-corrected chi connectivity index (χ0v) is 12.0. The van der Waals surface area contributed by atoms with Gasteiger partial charge in [-0.05, 0) is 38.1 Å². The smallest absolute Gasteiger partial charge is 0.264 e. The summed E-state index contributed by atoms with van der Waals surface area (Å²) in [6.45, 7) is 9.43. The third-order valence-electron chi connectivity index (χ3n) is 3.22. The van der Waals surface area contributed by atoms with Crippen LogP contribution in [0.1, 0.15) is 25.0 Å². The van der Waals surface area contributed by atoms with Crippen LogP contribution in [0.5, 0.6) is 0 Å².